The Balaban J connectivity index is 1.51. The zero-order chi connectivity index (χ0) is 27.1. The van der Waals surface area contributed by atoms with Gasteiger partial charge in [-0.1, -0.05) is 116 Å². The number of hydrogen-bond donors (Lipinski definition) is 0. The van der Waals surface area contributed by atoms with Gasteiger partial charge in [-0.15, -0.1) is 0 Å². The minimum absolute atomic E-state index is 0.958. The molecule has 6 aromatic rings. The molecule has 2 heteroatoms. The standard InChI is InChI=1S/C38H30N2/c1-30(35-26-14-16-28-37(35)39(31-18-6-2-7-19-31)32-20-8-3-9-21-32)36-27-15-17-29-38(36)40(33-22-10-4-11-23-33)34-24-12-5-13-25-34/h2-29H,1H2. The highest BCUT2D eigenvalue weighted by Gasteiger charge is 2.21. The van der Waals surface area contributed by atoms with Gasteiger partial charge in [0.2, 0.25) is 0 Å². The largest absolute Gasteiger partial charge is 0.310 e. The third kappa shape index (κ3) is 5.03. The van der Waals surface area contributed by atoms with Crippen molar-refractivity contribution in [1.29, 1.82) is 0 Å². The van der Waals surface area contributed by atoms with Crippen molar-refractivity contribution in [3.63, 3.8) is 0 Å². The molecule has 0 N–H and O–H groups in total. The van der Waals surface area contributed by atoms with Crippen molar-refractivity contribution in [2.75, 3.05) is 9.80 Å². The molecule has 0 spiro atoms. The van der Waals surface area contributed by atoms with Gasteiger partial charge in [-0.05, 0) is 66.2 Å². The van der Waals surface area contributed by atoms with Gasteiger partial charge >= 0.3 is 0 Å². The lowest BCUT2D eigenvalue weighted by Gasteiger charge is -2.30. The molecular weight excluding hydrogens is 484 g/mol. The van der Waals surface area contributed by atoms with Crippen LogP contribution in [-0.4, -0.2) is 0 Å². The minimum atomic E-state index is 0.958. The molecule has 0 aromatic heterocycles. The monoisotopic (exact) mass is 514 g/mol. The Labute approximate surface area is 236 Å². The average Bonchev–Trinajstić information content (AvgIpc) is 3.04. The summed E-state index contributed by atoms with van der Waals surface area (Å²) >= 11 is 0. The summed E-state index contributed by atoms with van der Waals surface area (Å²) in [5, 5.41) is 0. The summed E-state index contributed by atoms with van der Waals surface area (Å²) in [5.41, 5.74) is 9.63. The fourth-order valence-electron chi connectivity index (χ4n) is 5.16. The van der Waals surface area contributed by atoms with Crippen molar-refractivity contribution in [2.45, 2.75) is 0 Å². The van der Waals surface area contributed by atoms with Crippen molar-refractivity contribution in [3.05, 3.63) is 188 Å². The molecule has 0 aliphatic carbocycles. The Morgan fingerprint density at radius 1 is 0.325 bits per heavy atom. The van der Waals surface area contributed by atoms with Crippen LogP contribution in [0.4, 0.5) is 34.1 Å². The first-order chi connectivity index (χ1) is 19.8. The van der Waals surface area contributed by atoms with Crippen LogP contribution in [-0.2, 0) is 0 Å². The second kappa shape index (κ2) is 11.6. The fourth-order valence-corrected chi connectivity index (χ4v) is 5.16. The number of benzene rings is 6. The van der Waals surface area contributed by atoms with E-state index in [4.69, 9.17) is 6.58 Å². The van der Waals surface area contributed by atoms with E-state index in [1.165, 1.54) is 0 Å². The number of anilines is 6. The van der Waals surface area contributed by atoms with Gasteiger partial charge in [-0.2, -0.15) is 0 Å². The summed E-state index contributed by atoms with van der Waals surface area (Å²) in [6.45, 7) is 4.70. The quantitative estimate of drug-likeness (QED) is 0.199. The van der Waals surface area contributed by atoms with E-state index in [1.54, 1.807) is 0 Å². The summed E-state index contributed by atoms with van der Waals surface area (Å²) in [5.74, 6) is 0. The molecule has 0 unspecified atom stereocenters. The van der Waals surface area contributed by atoms with Crippen LogP contribution in [0, 0.1) is 0 Å². The Kier molecular flexibility index (Phi) is 7.23. The van der Waals surface area contributed by atoms with Crippen molar-refractivity contribution in [3.8, 4) is 0 Å². The Hall–Kier alpha value is -5.34. The maximum Gasteiger partial charge on any atom is 0.0540 e. The van der Waals surface area contributed by atoms with Crippen LogP contribution < -0.4 is 9.80 Å². The SMILES string of the molecule is C=C(c1ccccc1N(c1ccccc1)c1ccccc1)c1ccccc1N(c1ccccc1)c1ccccc1. The van der Waals surface area contributed by atoms with E-state index in [1.807, 2.05) is 0 Å². The van der Waals surface area contributed by atoms with E-state index in [-0.39, 0.29) is 0 Å². The molecule has 0 saturated heterocycles. The first kappa shape index (κ1) is 25.0. The number of nitrogens with zero attached hydrogens (tertiary/aromatic N) is 2. The third-order valence-corrected chi connectivity index (χ3v) is 7.00. The van der Waals surface area contributed by atoms with Gasteiger partial charge in [0.1, 0.15) is 0 Å². The van der Waals surface area contributed by atoms with Gasteiger partial charge in [0.25, 0.3) is 0 Å². The van der Waals surface area contributed by atoms with Crippen LogP contribution in [0.3, 0.4) is 0 Å². The highest BCUT2D eigenvalue weighted by atomic mass is 15.2. The van der Waals surface area contributed by atoms with Crippen LogP contribution in [0.15, 0.2) is 176 Å². The molecule has 0 atom stereocenters. The van der Waals surface area contributed by atoms with Crippen molar-refractivity contribution < 1.29 is 0 Å². The van der Waals surface area contributed by atoms with Crippen LogP contribution in [0.5, 0.6) is 0 Å². The second-order valence-electron chi connectivity index (χ2n) is 9.53. The lowest BCUT2D eigenvalue weighted by atomic mass is 9.94. The van der Waals surface area contributed by atoms with Crippen LogP contribution in [0.1, 0.15) is 11.1 Å². The predicted molar refractivity (Wildman–Crippen MR) is 170 cm³/mol. The first-order valence-corrected chi connectivity index (χ1v) is 13.5. The van der Waals surface area contributed by atoms with E-state index in [0.717, 1.165) is 50.8 Å². The van der Waals surface area contributed by atoms with Crippen LogP contribution in [0.2, 0.25) is 0 Å². The highest BCUT2D eigenvalue weighted by Crippen LogP contribution is 2.44. The first-order valence-electron chi connectivity index (χ1n) is 13.5. The summed E-state index contributed by atoms with van der Waals surface area (Å²) in [4.78, 5) is 4.60. The van der Waals surface area contributed by atoms with E-state index in [9.17, 15) is 0 Å². The smallest absolute Gasteiger partial charge is 0.0540 e. The molecule has 0 radical (unpaired) electrons. The van der Waals surface area contributed by atoms with Crippen LogP contribution >= 0.6 is 0 Å². The molecule has 0 aliphatic rings. The maximum absolute atomic E-state index is 4.70. The molecule has 192 valence electrons. The van der Waals surface area contributed by atoms with Gasteiger partial charge in [-0.25, -0.2) is 0 Å². The number of para-hydroxylation sites is 6. The Bertz CT molecular complexity index is 1490. The van der Waals surface area contributed by atoms with Crippen LogP contribution in [0.25, 0.3) is 5.57 Å². The molecule has 2 nitrogen and oxygen atoms in total. The molecule has 0 bridgehead atoms. The average molecular weight is 515 g/mol. The lowest BCUT2D eigenvalue weighted by molar-refractivity contribution is 1.26. The molecular formula is C38H30N2. The van der Waals surface area contributed by atoms with E-state index in [0.29, 0.717) is 0 Å². The molecule has 40 heavy (non-hydrogen) atoms. The molecule has 0 amide bonds. The molecule has 6 aromatic carbocycles. The zero-order valence-corrected chi connectivity index (χ0v) is 22.3. The summed E-state index contributed by atoms with van der Waals surface area (Å²) in [6, 6.07) is 59.1. The summed E-state index contributed by atoms with van der Waals surface area (Å²) < 4.78 is 0. The minimum Gasteiger partial charge on any atom is -0.310 e. The fraction of sp³-hybridized carbons (Fsp3) is 0. The number of hydrogen-bond acceptors (Lipinski definition) is 2. The third-order valence-electron chi connectivity index (χ3n) is 7.00. The maximum atomic E-state index is 4.70. The topological polar surface area (TPSA) is 6.48 Å². The Morgan fingerprint density at radius 2 is 0.575 bits per heavy atom. The highest BCUT2D eigenvalue weighted by molar-refractivity contribution is 5.95. The van der Waals surface area contributed by atoms with E-state index in [2.05, 4.69) is 180 Å². The molecule has 0 fully saturated rings. The second-order valence-corrected chi connectivity index (χ2v) is 9.53. The van der Waals surface area contributed by atoms with Gasteiger partial charge in [0.05, 0.1) is 11.4 Å². The Morgan fingerprint density at radius 3 is 0.875 bits per heavy atom. The van der Waals surface area contributed by atoms with Crippen molar-refractivity contribution in [2.24, 2.45) is 0 Å². The molecule has 0 heterocycles. The van der Waals surface area contributed by atoms with Gasteiger partial charge in [0.15, 0.2) is 0 Å². The molecule has 6 rings (SSSR count). The van der Waals surface area contributed by atoms with Gasteiger partial charge < -0.3 is 9.80 Å². The van der Waals surface area contributed by atoms with Gasteiger partial charge in [-0.3, -0.25) is 0 Å². The number of rotatable bonds is 8. The van der Waals surface area contributed by atoms with Crippen molar-refractivity contribution >= 4 is 39.7 Å². The predicted octanol–water partition coefficient (Wildman–Crippen LogP) is 10.7. The van der Waals surface area contributed by atoms with Gasteiger partial charge in [0, 0.05) is 33.9 Å². The summed E-state index contributed by atoms with van der Waals surface area (Å²) in [7, 11) is 0. The molecule has 0 aliphatic heterocycles. The zero-order valence-electron chi connectivity index (χ0n) is 22.3. The molecule has 0 saturated carbocycles. The lowest BCUT2D eigenvalue weighted by Crippen LogP contribution is -2.14. The van der Waals surface area contributed by atoms with E-state index >= 15 is 0 Å². The summed E-state index contributed by atoms with van der Waals surface area (Å²) in [6.07, 6.45) is 0. The van der Waals surface area contributed by atoms with E-state index < -0.39 is 0 Å². The normalized spacial score (nSPS) is 10.6. The van der Waals surface area contributed by atoms with Crippen molar-refractivity contribution in [1.82, 2.24) is 0 Å².